The number of hydrogen-bond acceptors (Lipinski definition) is 4. The number of rotatable bonds is 2. The van der Waals surface area contributed by atoms with Crippen molar-refractivity contribution < 1.29 is 15.0 Å². The van der Waals surface area contributed by atoms with Crippen LogP contribution < -0.4 is 0 Å². The number of aromatic nitrogens is 1. The molecule has 2 N–H and O–H groups in total. The number of aromatic hydroxyl groups is 1. The first-order valence-corrected chi connectivity index (χ1v) is 8.99. The molecule has 0 aliphatic heterocycles. The maximum Gasteiger partial charge on any atom is 0.171 e. The highest BCUT2D eigenvalue weighted by Crippen LogP contribution is 2.55. The Balaban J connectivity index is 1.79. The number of hydrogen-bond donors (Lipinski definition) is 2. The van der Waals surface area contributed by atoms with E-state index in [0.717, 1.165) is 24.8 Å². The van der Waals surface area contributed by atoms with E-state index in [4.69, 9.17) is 0 Å². The van der Waals surface area contributed by atoms with Gasteiger partial charge in [-0.3, -0.25) is 9.78 Å². The van der Waals surface area contributed by atoms with Crippen molar-refractivity contribution in [1.29, 1.82) is 0 Å². The minimum Gasteiger partial charge on any atom is -0.508 e. The van der Waals surface area contributed by atoms with Crippen molar-refractivity contribution in [2.75, 3.05) is 0 Å². The molecule has 1 fully saturated rings. The molecule has 4 heteroatoms. The zero-order valence-electron chi connectivity index (χ0n) is 14.4. The van der Waals surface area contributed by atoms with Gasteiger partial charge in [-0.25, -0.2) is 0 Å². The van der Waals surface area contributed by atoms with Gasteiger partial charge in [-0.1, -0.05) is 19.1 Å². The summed E-state index contributed by atoms with van der Waals surface area (Å²) in [6, 6.07) is 10.9. The van der Waals surface area contributed by atoms with Crippen LogP contribution in [0.5, 0.6) is 5.75 Å². The highest BCUT2D eigenvalue weighted by atomic mass is 16.3. The van der Waals surface area contributed by atoms with Gasteiger partial charge >= 0.3 is 0 Å². The zero-order chi connectivity index (χ0) is 17.7. The normalized spacial score (nSPS) is 31.3. The van der Waals surface area contributed by atoms with Crippen molar-refractivity contribution in [3.63, 3.8) is 0 Å². The van der Waals surface area contributed by atoms with Crippen LogP contribution in [0.25, 0.3) is 0 Å². The molecule has 4 rings (SSSR count). The topological polar surface area (TPSA) is 70.4 Å². The number of nitrogens with zero attached hydrogens (tertiary/aromatic N) is 1. The Bertz CT molecular complexity index is 819. The number of ketones is 1. The first-order chi connectivity index (χ1) is 12.0. The molecule has 0 bridgehead atoms. The third-order valence-electron chi connectivity index (χ3n) is 6.37. The minimum atomic E-state index is -1.49. The summed E-state index contributed by atoms with van der Waals surface area (Å²) in [6.45, 7) is 2.12. The van der Waals surface area contributed by atoms with Crippen molar-refractivity contribution in [2.24, 2.45) is 5.92 Å². The molecule has 0 amide bonds. The van der Waals surface area contributed by atoms with Crippen molar-refractivity contribution >= 4 is 5.78 Å². The van der Waals surface area contributed by atoms with Gasteiger partial charge in [0.1, 0.15) is 5.75 Å². The number of phenolic OH excluding ortho intramolecular Hbond substituents is 1. The Labute approximate surface area is 147 Å². The van der Waals surface area contributed by atoms with Crippen molar-refractivity contribution in [3.8, 4) is 5.75 Å². The number of aryl methyl sites for hydroxylation is 1. The van der Waals surface area contributed by atoms with E-state index in [1.54, 1.807) is 24.4 Å². The molecule has 2 aliphatic carbocycles. The van der Waals surface area contributed by atoms with E-state index in [9.17, 15) is 15.0 Å². The lowest BCUT2D eigenvalue weighted by Gasteiger charge is -2.51. The maximum atomic E-state index is 13.1. The van der Waals surface area contributed by atoms with E-state index in [1.807, 2.05) is 18.2 Å². The fraction of sp³-hybridized carbons (Fsp3) is 0.429. The third-order valence-corrected chi connectivity index (χ3v) is 6.37. The molecule has 0 unspecified atom stereocenters. The second kappa shape index (κ2) is 5.67. The average molecular weight is 337 g/mol. The standard InChI is InChI=1S/C21H23NO3/c1-2-20-13-19(24)21(25,18-5-3-4-10-22-18)12-15(20)7-6-14-11-16(23)8-9-17(14)20/h3-5,8-11,15,23,25H,2,6-7,12-13H2,1H3/t15-,20-,21-/m1/s1. The van der Waals surface area contributed by atoms with Crippen LogP contribution in [0.1, 0.15) is 49.4 Å². The summed E-state index contributed by atoms with van der Waals surface area (Å²) in [5, 5.41) is 21.0. The summed E-state index contributed by atoms with van der Waals surface area (Å²) >= 11 is 0. The lowest BCUT2D eigenvalue weighted by atomic mass is 9.52. The number of carbonyl (C=O) groups excluding carboxylic acids is 1. The summed E-state index contributed by atoms with van der Waals surface area (Å²) in [4.78, 5) is 17.3. The third kappa shape index (κ3) is 2.31. The molecule has 2 aromatic rings. The Morgan fingerprint density at radius 2 is 2.12 bits per heavy atom. The molecular formula is C21H23NO3. The number of benzene rings is 1. The van der Waals surface area contributed by atoms with Crippen LogP contribution in [0.2, 0.25) is 0 Å². The summed E-state index contributed by atoms with van der Waals surface area (Å²) in [5.41, 5.74) is 1.02. The van der Waals surface area contributed by atoms with Crippen LogP contribution >= 0.6 is 0 Å². The molecule has 3 atom stereocenters. The van der Waals surface area contributed by atoms with Gasteiger partial charge in [0.2, 0.25) is 0 Å². The van der Waals surface area contributed by atoms with E-state index in [1.165, 1.54) is 5.56 Å². The van der Waals surface area contributed by atoms with Gasteiger partial charge in [-0.15, -0.1) is 0 Å². The molecule has 0 spiro atoms. The lowest BCUT2D eigenvalue weighted by Crippen LogP contribution is -2.54. The number of fused-ring (bicyclic) bond motifs is 3. The second-order valence-electron chi connectivity index (χ2n) is 7.47. The quantitative estimate of drug-likeness (QED) is 0.882. The van der Waals surface area contributed by atoms with Gasteiger partial charge in [-0.05, 0) is 67.0 Å². The summed E-state index contributed by atoms with van der Waals surface area (Å²) in [5.74, 6) is 0.347. The molecule has 25 heavy (non-hydrogen) atoms. The molecule has 4 nitrogen and oxygen atoms in total. The van der Waals surface area contributed by atoms with Crippen molar-refractivity contribution in [1.82, 2.24) is 4.98 Å². The average Bonchev–Trinajstić information content (AvgIpc) is 2.63. The number of aliphatic hydroxyl groups is 1. The molecule has 1 aromatic carbocycles. The van der Waals surface area contributed by atoms with Crippen LogP contribution in [0.15, 0.2) is 42.6 Å². The van der Waals surface area contributed by atoms with E-state index < -0.39 is 5.60 Å². The van der Waals surface area contributed by atoms with Gasteiger partial charge in [0.15, 0.2) is 11.4 Å². The van der Waals surface area contributed by atoms with Crippen molar-refractivity contribution in [3.05, 3.63) is 59.4 Å². The van der Waals surface area contributed by atoms with Crippen LogP contribution in [0.4, 0.5) is 0 Å². The van der Waals surface area contributed by atoms with Crippen molar-refractivity contribution in [2.45, 2.75) is 50.0 Å². The predicted octanol–water partition coefficient (Wildman–Crippen LogP) is 3.25. The Morgan fingerprint density at radius 3 is 2.84 bits per heavy atom. The molecule has 2 aliphatic rings. The van der Waals surface area contributed by atoms with Gasteiger partial charge in [0.25, 0.3) is 0 Å². The Kier molecular flexibility index (Phi) is 3.69. The monoisotopic (exact) mass is 337 g/mol. The smallest absolute Gasteiger partial charge is 0.171 e. The number of Topliss-reactive ketones (excluding diaryl/α,β-unsaturated/α-hetero) is 1. The first kappa shape index (κ1) is 16.3. The van der Waals surface area contributed by atoms with E-state index >= 15 is 0 Å². The van der Waals surface area contributed by atoms with Crippen LogP contribution in [0.3, 0.4) is 0 Å². The fourth-order valence-corrected chi connectivity index (χ4v) is 5.00. The molecule has 0 saturated heterocycles. The molecule has 1 aromatic heterocycles. The van der Waals surface area contributed by atoms with Gasteiger partial charge in [-0.2, -0.15) is 0 Å². The first-order valence-electron chi connectivity index (χ1n) is 8.99. The predicted molar refractivity (Wildman–Crippen MR) is 94.3 cm³/mol. The highest BCUT2D eigenvalue weighted by molar-refractivity contribution is 5.90. The Hall–Kier alpha value is -2.20. The van der Waals surface area contributed by atoms with Gasteiger partial charge in [0, 0.05) is 18.0 Å². The van der Waals surface area contributed by atoms with E-state index in [0.29, 0.717) is 18.5 Å². The molecule has 130 valence electrons. The summed E-state index contributed by atoms with van der Waals surface area (Å²) < 4.78 is 0. The SMILES string of the molecule is CC[C@@]12CC(=O)[C@](O)(c3ccccn3)C[C@H]1CCc1cc(O)ccc12. The van der Waals surface area contributed by atoms with E-state index in [-0.39, 0.29) is 22.9 Å². The number of phenols is 1. The lowest BCUT2D eigenvalue weighted by molar-refractivity contribution is -0.151. The van der Waals surface area contributed by atoms with Crippen LogP contribution in [-0.4, -0.2) is 21.0 Å². The summed E-state index contributed by atoms with van der Waals surface area (Å²) in [7, 11) is 0. The largest absolute Gasteiger partial charge is 0.508 e. The molecule has 1 heterocycles. The fourth-order valence-electron chi connectivity index (χ4n) is 5.00. The second-order valence-corrected chi connectivity index (χ2v) is 7.47. The van der Waals surface area contributed by atoms with E-state index in [2.05, 4.69) is 11.9 Å². The summed E-state index contributed by atoms with van der Waals surface area (Å²) in [6.07, 6.45) is 4.98. The number of pyridine rings is 1. The highest BCUT2D eigenvalue weighted by Gasteiger charge is 2.56. The van der Waals surface area contributed by atoms with Gasteiger partial charge in [0.05, 0.1) is 5.69 Å². The molecular weight excluding hydrogens is 314 g/mol. The zero-order valence-corrected chi connectivity index (χ0v) is 14.4. The van der Waals surface area contributed by atoms with Gasteiger partial charge < -0.3 is 10.2 Å². The Morgan fingerprint density at radius 1 is 1.28 bits per heavy atom. The van der Waals surface area contributed by atoms with Crippen LogP contribution in [-0.2, 0) is 22.2 Å². The molecule has 0 radical (unpaired) electrons. The molecule has 1 saturated carbocycles. The number of carbonyl (C=O) groups is 1. The van der Waals surface area contributed by atoms with Crippen LogP contribution in [0, 0.1) is 5.92 Å². The maximum absolute atomic E-state index is 13.1. The minimum absolute atomic E-state index is 0.148.